The predicted molar refractivity (Wildman–Crippen MR) is 59.3 cm³/mol. The highest BCUT2D eigenvalue weighted by Crippen LogP contribution is 2.40. The van der Waals surface area contributed by atoms with Gasteiger partial charge in [0.25, 0.3) is 0 Å². The standard InChI is InChI=1S/C11H11NO4/c1-15-8-5-6-9(7(13)3-4-12-6)10(14)11(8)16-2/h3-5,14H,1-2H3,(H,12,13). The van der Waals surface area contributed by atoms with Crippen molar-refractivity contribution in [3.63, 3.8) is 0 Å². The Morgan fingerprint density at radius 1 is 1.31 bits per heavy atom. The number of benzene rings is 1. The van der Waals surface area contributed by atoms with Gasteiger partial charge in [-0.05, 0) is 0 Å². The quantitative estimate of drug-likeness (QED) is 0.800. The molecule has 0 unspecified atom stereocenters. The van der Waals surface area contributed by atoms with Gasteiger partial charge in [-0.2, -0.15) is 0 Å². The van der Waals surface area contributed by atoms with Gasteiger partial charge >= 0.3 is 0 Å². The third kappa shape index (κ3) is 1.37. The third-order valence-corrected chi connectivity index (χ3v) is 2.36. The molecule has 0 radical (unpaired) electrons. The zero-order valence-electron chi connectivity index (χ0n) is 8.90. The lowest BCUT2D eigenvalue weighted by molar-refractivity contribution is 0.335. The van der Waals surface area contributed by atoms with Crippen LogP contribution in [0, 0.1) is 0 Å². The van der Waals surface area contributed by atoms with Crippen LogP contribution in [-0.2, 0) is 0 Å². The number of aromatic nitrogens is 1. The Kier molecular flexibility index (Phi) is 2.44. The molecule has 0 spiro atoms. The fourth-order valence-electron chi connectivity index (χ4n) is 1.63. The fraction of sp³-hybridized carbons (Fsp3) is 0.182. The summed E-state index contributed by atoms with van der Waals surface area (Å²) in [7, 11) is 2.87. The second-order valence-electron chi connectivity index (χ2n) is 3.23. The molecule has 0 saturated carbocycles. The summed E-state index contributed by atoms with van der Waals surface area (Å²) in [5, 5.41) is 10.1. The van der Waals surface area contributed by atoms with Crippen molar-refractivity contribution in [2.75, 3.05) is 14.2 Å². The summed E-state index contributed by atoms with van der Waals surface area (Å²) in [4.78, 5) is 14.5. The molecule has 0 aliphatic carbocycles. The summed E-state index contributed by atoms with van der Waals surface area (Å²) >= 11 is 0. The number of aromatic hydroxyl groups is 1. The highest BCUT2D eigenvalue weighted by Gasteiger charge is 2.16. The zero-order valence-corrected chi connectivity index (χ0v) is 8.90. The number of hydrogen-bond acceptors (Lipinski definition) is 4. The normalized spacial score (nSPS) is 10.4. The van der Waals surface area contributed by atoms with E-state index in [1.54, 1.807) is 6.07 Å². The van der Waals surface area contributed by atoms with Gasteiger partial charge in [-0.3, -0.25) is 4.79 Å². The number of ether oxygens (including phenoxy) is 2. The number of pyridine rings is 1. The molecule has 16 heavy (non-hydrogen) atoms. The summed E-state index contributed by atoms with van der Waals surface area (Å²) in [6, 6.07) is 2.95. The van der Waals surface area contributed by atoms with Crippen molar-refractivity contribution in [3.05, 3.63) is 28.6 Å². The van der Waals surface area contributed by atoms with Crippen molar-refractivity contribution in [3.8, 4) is 17.2 Å². The molecule has 0 fully saturated rings. The second-order valence-corrected chi connectivity index (χ2v) is 3.23. The van der Waals surface area contributed by atoms with E-state index in [0.717, 1.165) is 0 Å². The molecule has 2 N–H and O–H groups in total. The molecule has 1 aromatic carbocycles. The first-order valence-corrected chi connectivity index (χ1v) is 4.64. The van der Waals surface area contributed by atoms with Gasteiger partial charge in [-0.25, -0.2) is 0 Å². The third-order valence-electron chi connectivity index (χ3n) is 2.36. The minimum atomic E-state index is -0.271. The molecule has 2 aromatic rings. The molecule has 2 rings (SSSR count). The van der Waals surface area contributed by atoms with Crippen molar-refractivity contribution in [2.45, 2.75) is 0 Å². The molecular formula is C11H11NO4. The average molecular weight is 221 g/mol. The highest BCUT2D eigenvalue weighted by molar-refractivity contribution is 5.89. The summed E-state index contributed by atoms with van der Waals surface area (Å²) in [5.41, 5.74) is 0.231. The Morgan fingerprint density at radius 3 is 2.69 bits per heavy atom. The van der Waals surface area contributed by atoms with Crippen LogP contribution in [0.25, 0.3) is 10.9 Å². The molecule has 0 saturated heterocycles. The van der Waals surface area contributed by atoms with E-state index in [1.165, 1.54) is 26.5 Å². The molecule has 0 bridgehead atoms. The van der Waals surface area contributed by atoms with E-state index in [0.29, 0.717) is 11.3 Å². The van der Waals surface area contributed by atoms with E-state index in [4.69, 9.17) is 9.47 Å². The van der Waals surface area contributed by atoms with Crippen LogP contribution in [0.4, 0.5) is 0 Å². The van der Waals surface area contributed by atoms with E-state index < -0.39 is 0 Å². The summed E-state index contributed by atoms with van der Waals surface area (Å²) in [5.74, 6) is 0.319. The average Bonchev–Trinajstić information content (AvgIpc) is 2.28. The molecule has 0 aliphatic heterocycles. The van der Waals surface area contributed by atoms with Crippen molar-refractivity contribution >= 4 is 10.9 Å². The van der Waals surface area contributed by atoms with Gasteiger partial charge in [0.2, 0.25) is 5.75 Å². The zero-order chi connectivity index (χ0) is 11.7. The van der Waals surface area contributed by atoms with Crippen LogP contribution < -0.4 is 14.9 Å². The van der Waals surface area contributed by atoms with Gasteiger partial charge in [0.05, 0.1) is 25.1 Å². The van der Waals surface area contributed by atoms with E-state index in [1.807, 2.05) is 0 Å². The predicted octanol–water partition coefficient (Wildman–Crippen LogP) is 1.25. The van der Waals surface area contributed by atoms with Crippen molar-refractivity contribution in [1.29, 1.82) is 0 Å². The number of fused-ring (bicyclic) bond motifs is 1. The van der Waals surface area contributed by atoms with E-state index in [2.05, 4.69) is 4.98 Å². The van der Waals surface area contributed by atoms with Crippen LogP contribution in [0.2, 0.25) is 0 Å². The van der Waals surface area contributed by atoms with Crippen molar-refractivity contribution in [2.24, 2.45) is 0 Å². The molecule has 0 atom stereocenters. The van der Waals surface area contributed by atoms with Crippen molar-refractivity contribution < 1.29 is 14.6 Å². The largest absolute Gasteiger partial charge is 0.504 e. The molecule has 1 aromatic heterocycles. The first-order chi connectivity index (χ1) is 7.69. The SMILES string of the molecule is COc1cc2[nH]ccc(=O)c2c(O)c1OC. The molecular weight excluding hydrogens is 210 g/mol. The van der Waals surface area contributed by atoms with Crippen LogP contribution in [0.15, 0.2) is 23.1 Å². The van der Waals surface area contributed by atoms with Gasteiger partial charge in [-0.1, -0.05) is 0 Å². The number of methoxy groups -OCH3 is 2. The Labute approximate surface area is 91.2 Å². The van der Waals surface area contributed by atoms with Crippen LogP contribution in [0.3, 0.4) is 0 Å². The number of hydrogen-bond donors (Lipinski definition) is 2. The molecule has 0 aliphatic rings. The lowest BCUT2D eigenvalue weighted by Gasteiger charge is -2.11. The van der Waals surface area contributed by atoms with E-state index >= 15 is 0 Å². The van der Waals surface area contributed by atoms with E-state index in [9.17, 15) is 9.90 Å². The maximum atomic E-state index is 11.6. The van der Waals surface area contributed by atoms with Gasteiger partial charge < -0.3 is 19.6 Å². The van der Waals surface area contributed by atoms with Crippen LogP contribution in [0.1, 0.15) is 0 Å². The van der Waals surface area contributed by atoms with Crippen molar-refractivity contribution in [1.82, 2.24) is 4.98 Å². The Bertz CT molecular complexity index is 588. The molecule has 5 nitrogen and oxygen atoms in total. The first kappa shape index (κ1) is 10.4. The maximum absolute atomic E-state index is 11.6. The second kappa shape index (κ2) is 3.77. The highest BCUT2D eigenvalue weighted by atomic mass is 16.5. The fourth-order valence-corrected chi connectivity index (χ4v) is 1.63. The summed E-state index contributed by atoms with van der Waals surface area (Å²) < 4.78 is 10.1. The van der Waals surface area contributed by atoms with Gasteiger partial charge in [0, 0.05) is 18.3 Å². The number of H-pyrrole nitrogens is 1. The van der Waals surface area contributed by atoms with Crippen LogP contribution in [-0.4, -0.2) is 24.3 Å². The minimum absolute atomic E-state index is 0.159. The minimum Gasteiger partial charge on any atom is -0.504 e. The monoisotopic (exact) mass is 221 g/mol. The number of phenols is 1. The lowest BCUT2D eigenvalue weighted by atomic mass is 10.1. The Hall–Kier alpha value is -2.17. The topological polar surface area (TPSA) is 71.6 Å². The molecule has 0 amide bonds. The van der Waals surface area contributed by atoms with Gasteiger partial charge in [0.1, 0.15) is 0 Å². The number of aromatic amines is 1. The first-order valence-electron chi connectivity index (χ1n) is 4.64. The van der Waals surface area contributed by atoms with Crippen LogP contribution in [0.5, 0.6) is 17.2 Å². The van der Waals surface area contributed by atoms with E-state index in [-0.39, 0.29) is 22.3 Å². The van der Waals surface area contributed by atoms with Gasteiger partial charge in [0.15, 0.2) is 16.9 Å². The summed E-state index contributed by atoms with van der Waals surface area (Å²) in [6.45, 7) is 0. The smallest absolute Gasteiger partial charge is 0.203 e. The summed E-state index contributed by atoms with van der Waals surface area (Å²) in [6.07, 6.45) is 1.51. The molecule has 5 heteroatoms. The Morgan fingerprint density at radius 2 is 2.06 bits per heavy atom. The molecule has 84 valence electrons. The number of phenolic OH excluding ortho intramolecular Hbond substituents is 1. The van der Waals surface area contributed by atoms with Gasteiger partial charge in [-0.15, -0.1) is 0 Å². The number of rotatable bonds is 2. The lowest BCUT2D eigenvalue weighted by Crippen LogP contribution is -2.02. The maximum Gasteiger partial charge on any atom is 0.203 e. The van der Waals surface area contributed by atoms with Crippen LogP contribution >= 0.6 is 0 Å². The molecule has 1 heterocycles. The Balaban J connectivity index is 2.94. The number of nitrogens with one attached hydrogen (secondary N) is 1.